The van der Waals surface area contributed by atoms with Crippen LogP contribution in [0.15, 0.2) is 91.0 Å². The number of hydrogen-bond acceptors (Lipinski definition) is 4. The van der Waals surface area contributed by atoms with Crippen LogP contribution in [0.5, 0.6) is 0 Å². The van der Waals surface area contributed by atoms with Crippen LogP contribution in [0, 0.1) is 0 Å². The lowest BCUT2D eigenvalue weighted by atomic mass is 9.93. The first kappa shape index (κ1) is 23.0. The Labute approximate surface area is 195 Å². The number of nitrogens with zero attached hydrogens (tertiary/aromatic N) is 1. The first-order chi connectivity index (χ1) is 15.7. The zero-order valence-corrected chi connectivity index (χ0v) is 18.9. The molecule has 1 aliphatic rings. The van der Waals surface area contributed by atoms with Gasteiger partial charge in [-0.15, -0.1) is 11.6 Å². The molecule has 4 atom stereocenters. The van der Waals surface area contributed by atoms with Gasteiger partial charge in [0.25, 0.3) is 0 Å². The van der Waals surface area contributed by atoms with Crippen molar-refractivity contribution in [1.82, 2.24) is 4.90 Å². The lowest BCUT2D eigenvalue weighted by Crippen LogP contribution is -2.62. The molecule has 5 heteroatoms. The minimum absolute atomic E-state index is 0.214. The molecule has 0 aromatic heterocycles. The van der Waals surface area contributed by atoms with Gasteiger partial charge in [-0.05, 0) is 16.7 Å². The van der Waals surface area contributed by atoms with Crippen LogP contribution >= 0.6 is 11.6 Å². The monoisotopic (exact) mass is 451 g/mol. The number of alkyl halides is 1. The van der Waals surface area contributed by atoms with Crippen LogP contribution in [-0.2, 0) is 29.2 Å². The minimum Gasteiger partial charge on any atom is -0.389 e. The van der Waals surface area contributed by atoms with E-state index in [4.69, 9.17) is 21.1 Å². The molecule has 1 saturated heterocycles. The van der Waals surface area contributed by atoms with Crippen molar-refractivity contribution < 1.29 is 14.6 Å². The lowest BCUT2D eigenvalue weighted by Gasteiger charge is -2.46. The van der Waals surface area contributed by atoms with Crippen LogP contribution in [0.2, 0.25) is 0 Å². The number of piperidine rings is 1. The topological polar surface area (TPSA) is 41.9 Å². The number of ether oxygens (including phenoxy) is 2. The van der Waals surface area contributed by atoms with Crippen molar-refractivity contribution >= 4 is 11.6 Å². The Balaban J connectivity index is 1.51. The summed E-state index contributed by atoms with van der Waals surface area (Å²) in [7, 11) is 0. The Morgan fingerprint density at radius 3 is 1.78 bits per heavy atom. The quantitative estimate of drug-likeness (QED) is 0.481. The molecule has 0 aliphatic carbocycles. The Hall–Kier alpha value is -2.21. The van der Waals surface area contributed by atoms with Gasteiger partial charge in [-0.2, -0.15) is 0 Å². The maximum atomic E-state index is 11.3. The second kappa shape index (κ2) is 11.6. The fourth-order valence-electron chi connectivity index (χ4n) is 4.21. The highest BCUT2D eigenvalue weighted by atomic mass is 35.5. The fraction of sp³-hybridized carbons (Fsp3) is 0.333. The van der Waals surface area contributed by atoms with Gasteiger partial charge in [0, 0.05) is 19.0 Å². The second-order valence-corrected chi connectivity index (χ2v) is 8.53. The van der Waals surface area contributed by atoms with Gasteiger partial charge in [-0.25, -0.2) is 0 Å². The molecule has 0 bridgehead atoms. The zero-order chi connectivity index (χ0) is 22.2. The van der Waals surface area contributed by atoms with Gasteiger partial charge in [0.2, 0.25) is 0 Å². The molecule has 4 rings (SSSR count). The van der Waals surface area contributed by atoms with E-state index in [1.807, 2.05) is 78.9 Å². The summed E-state index contributed by atoms with van der Waals surface area (Å²) >= 11 is 6.34. The summed E-state index contributed by atoms with van der Waals surface area (Å²) in [4.78, 5) is 2.21. The van der Waals surface area contributed by atoms with Crippen molar-refractivity contribution in [1.29, 1.82) is 0 Å². The van der Waals surface area contributed by atoms with Crippen molar-refractivity contribution in [3.05, 3.63) is 108 Å². The summed E-state index contributed by atoms with van der Waals surface area (Å²) in [5, 5.41) is 11.3. The van der Waals surface area contributed by atoms with E-state index in [1.54, 1.807) is 0 Å². The van der Waals surface area contributed by atoms with Gasteiger partial charge in [0.15, 0.2) is 0 Å². The molecule has 3 aromatic rings. The fourth-order valence-corrected chi connectivity index (χ4v) is 4.59. The normalized spacial score (nSPS) is 23.8. The van der Waals surface area contributed by atoms with Crippen LogP contribution in [0.25, 0.3) is 0 Å². The Morgan fingerprint density at radius 1 is 0.750 bits per heavy atom. The molecule has 168 valence electrons. The molecule has 3 aromatic carbocycles. The molecule has 1 aliphatic heterocycles. The van der Waals surface area contributed by atoms with Gasteiger partial charge >= 0.3 is 0 Å². The van der Waals surface area contributed by atoms with Gasteiger partial charge in [-0.3, -0.25) is 4.90 Å². The highest BCUT2D eigenvalue weighted by Gasteiger charge is 2.43. The summed E-state index contributed by atoms with van der Waals surface area (Å²) in [6.45, 7) is 2.22. The average molecular weight is 452 g/mol. The summed E-state index contributed by atoms with van der Waals surface area (Å²) in [5.74, 6) is 0.324. The van der Waals surface area contributed by atoms with E-state index in [9.17, 15) is 5.11 Å². The first-order valence-corrected chi connectivity index (χ1v) is 11.6. The van der Waals surface area contributed by atoms with Crippen molar-refractivity contribution in [3.63, 3.8) is 0 Å². The molecule has 0 amide bonds. The smallest absolute Gasteiger partial charge is 0.113 e. The third kappa shape index (κ3) is 5.97. The number of aliphatic hydroxyl groups excluding tert-OH is 1. The predicted molar refractivity (Wildman–Crippen MR) is 127 cm³/mol. The third-order valence-corrected chi connectivity index (χ3v) is 6.28. The summed E-state index contributed by atoms with van der Waals surface area (Å²) in [6.07, 6.45) is -1.50. The van der Waals surface area contributed by atoms with E-state index in [0.29, 0.717) is 32.2 Å². The van der Waals surface area contributed by atoms with E-state index in [2.05, 4.69) is 17.0 Å². The number of likely N-dealkylation sites (tertiary alicyclic amines) is 1. The van der Waals surface area contributed by atoms with Gasteiger partial charge < -0.3 is 14.6 Å². The van der Waals surface area contributed by atoms with E-state index in [1.165, 1.54) is 5.56 Å². The zero-order valence-electron chi connectivity index (χ0n) is 18.1. The van der Waals surface area contributed by atoms with Crippen LogP contribution in [0.3, 0.4) is 0 Å². The molecule has 0 unspecified atom stereocenters. The molecule has 1 N–H and O–H groups in total. The average Bonchev–Trinajstić information content (AvgIpc) is 2.84. The molecule has 1 fully saturated rings. The van der Waals surface area contributed by atoms with Crippen molar-refractivity contribution in [2.75, 3.05) is 12.4 Å². The minimum atomic E-state index is -0.755. The lowest BCUT2D eigenvalue weighted by molar-refractivity contribution is -0.183. The Kier molecular flexibility index (Phi) is 8.32. The number of hydrogen-bond donors (Lipinski definition) is 1. The molecule has 32 heavy (non-hydrogen) atoms. The number of benzene rings is 3. The second-order valence-electron chi connectivity index (χ2n) is 8.22. The van der Waals surface area contributed by atoms with Crippen molar-refractivity contribution in [2.45, 2.75) is 44.1 Å². The molecule has 4 nitrogen and oxygen atoms in total. The third-order valence-electron chi connectivity index (χ3n) is 5.96. The molecule has 0 radical (unpaired) electrons. The van der Waals surface area contributed by atoms with E-state index in [-0.39, 0.29) is 12.1 Å². The molecule has 0 spiro atoms. The highest BCUT2D eigenvalue weighted by Crippen LogP contribution is 2.27. The highest BCUT2D eigenvalue weighted by molar-refractivity contribution is 6.18. The Morgan fingerprint density at radius 2 is 1.25 bits per heavy atom. The van der Waals surface area contributed by atoms with Gasteiger partial charge in [-0.1, -0.05) is 91.0 Å². The molecular weight excluding hydrogens is 422 g/mol. The van der Waals surface area contributed by atoms with Crippen LogP contribution in [0.1, 0.15) is 16.7 Å². The predicted octanol–water partition coefficient (Wildman–Crippen LogP) is 4.64. The maximum Gasteiger partial charge on any atom is 0.113 e. The van der Waals surface area contributed by atoms with Crippen LogP contribution in [-0.4, -0.2) is 46.8 Å². The Bertz CT molecular complexity index is 925. The van der Waals surface area contributed by atoms with E-state index < -0.39 is 12.2 Å². The van der Waals surface area contributed by atoms with E-state index in [0.717, 1.165) is 11.1 Å². The standard InChI is InChI=1S/C27H30ClNO3/c28-16-24-26(30)27(32-20-23-14-8-3-9-15-23)25(31-19-22-12-6-2-7-13-22)18-29(24)17-21-10-4-1-5-11-21/h1-15,24-27,30H,16-20H2/t24-,25+,26+,27-/m1/s1. The molecule has 1 heterocycles. The summed E-state index contributed by atoms with van der Waals surface area (Å²) < 4.78 is 12.6. The summed E-state index contributed by atoms with van der Waals surface area (Å²) in [5.41, 5.74) is 3.34. The first-order valence-electron chi connectivity index (χ1n) is 11.1. The van der Waals surface area contributed by atoms with Crippen molar-refractivity contribution in [2.24, 2.45) is 0 Å². The number of rotatable bonds is 9. The van der Waals surface area contributed by atoms with Gasteiger partial charge in [0.1, 0.15) is 6.10 Å². The SMILES string of the molecule is O[C@@H]1[C@H](OCc2ccccc2)[C@@H](OCc2ccccc2)CN(Cc2ccccc2)[C@@H]1CCl. The largest absolute Gasteiger partial charge is 0.389 e. The van der Waals surface area contributed by atoms with Gasteiger partial charge in [0.05, 0.1) is 31.5 Å². The summed E-state index contributed by atoms with van der Waals surface area (Å²) in [6, 6.07) is 30.1. The maximum absolute atomic E-state index is 11.3. The number of halogens is 1. The molecule has 0 saturated carbocycles. The van der Waals surface area contributed by atoms with Crippen LogP contribution < -0.4 is 0 Å². The molecular formula is C27H30ClNO3. The van der Waals surface area contributed by atoms with Crippen molar-refractivity contribution in [3.8, 4) is 0 Å². The number of aliphatic hydroxyl groups is 1. The van der Waals surface area contributed by atoms with Crippen LogP contribution in [0.4, 0.5) is 0 Å². The van der Waals surface area contributed by atoms with E-state index >= 15 is 0 Å².